The van der Waals surface area contributed by atoms with Crippen LogP contribution in [0, 0.1) is 0 Å². The van der Waals surface area contributed by atoms with Gasteiger partial charge in [0, 0.05) is 26.1 Å². The Labute approximate surface area is 174 Å². The van der Waals surface area contributed by atoms with Crippen molar-refractivity contribution in [3.05, 3.63) is 65.7 Å². The number of amides is 1. The Kier molecular flexibility index (Phi) is 7.29. The van der Waals surface area contributed by atoms with Crippen LogP contribution in [0.3, 0.4) is 0 Å². The van der Waals surface area contributed by atoms with E-state index in [9.17, 15) is 4.79 Å². The second kappa shape index (κ2) is 9.90. The van der Waals surface area contributed by atoms with Crippen molar-refractivity contribution >= 4 is 5.91 Å². The van der Waals surface area contributed by atoms with E-state index < -0.39 is 0 Å². The molecule has 5 nitrogen and oxygen atoms in total. The highest BCUT2D eigenvalue weighted by molar-refractivity contribution is 5.77. The molecule has 29 heavy (non-hydrogen) atoms. The molecule has 1 unspecified atom stereocenters. The summed E-state index contributed by atoms with van der Waals surface area (Å²) >= 11 is 0. The maximum atomic E-state index is 12.8. The Morgan fingerprint density at radius 2 is 1.86 bits per heavy atom. The van der Waals surface area contributed by atoms with Crippen LogP contribution < -0.4 is 10.1 Å². The van der Waals surface area contributed by atoms with Gasteiger partial charge in [-0.05, 0) is 28.7 Å². The first-order valence-corrected chi connectivity index (χ1v) is 10.3. The molecule has 3 rings (SSSR count). The SMILES string of the molecule is COc1cccc(C(CNC(=O)CC(C)(C)c2ccccc2)N2CCOCC2)c1. The molecular weight excluding hydrogens is 364 g/mol. The van der Waals surface area contributed by atoms with Gasteiger partial charge in [0.05, 0.1) is 26.4 Å². The number of morpholine rings is 1. The standard InChI is InChI=1S/C24H32N2O3/c1-24(2,20-9-5-4-6-10-20)17-23(27)25-18-22(26-12-14-29-15-13-26)19-8-7-11-21(16-19)28-3/h4-11,16,22H,12-15,17-18H2,1-3H3,(H,25,27). The van der Waals surface area contributed by atoms with Gasteiger partial charge < -0.3 is 14.8 Å². The van der Waals surface area contributed by atoms with E-state index in [1.165, 1.54) is 5.56 Å². The molecule has 1 N–H and O–H groups in total. The van der Waals surface area contributed by atoms with E-state index in [1.807, 2.05) is 30.3 Å². The van der Waals surface area contributed by atoms with Gasteiger partial charge in [-0.3, -0.25) is 9.69 Å². The maximum absolute atomic E-state index is 12.8. The maximum Gasteiger partial charge on any atom is 0.220 e. The van der Waals surface area contributed by atoms with Crippen LogP contribution in [0.5, 0.6) is 5.75 Å². The Hall–Kier alpha value is -2.37. The van der Waals surface area contributed by atoms with Gasteiger partial charge in [0.1, 0.15) is 5.75 Å². The molecule has 0 spiro atoms. The third-order valence-corrected chi connectivity index (χ3v) is 5.62. The number of carbonyl (C=O) groups is 1. The van der Waals surface area contributed by atoms with E-state index in [-0.39, 0.29) is 17.4 Å². The Balaban J connectivity index is 1.68. The van der Waals surface area contributed by atoms with E-state index >= 15 is 0 Å². The molecule has 1 atom stereocenters. The van der Waals surface area contributed by atoms with Gasteiger partial charge >= 0.3 is 0 Å². The number of ether oxygens (including phenoxy) is 2. The zero-order valence-electron chi connectivity index (χ0n) is 17.7. The normalized spacial score (nSPS) is 16.2. The molecule has 0 aliphatic carbocycles. The predicted molar refractivity (Wildman–Crippen MR) is 115 cm³/mol. The van der Waals surface area contributed by atoms with E-state index in [0.717, 1.165) is 37.6 Å². The van der Waals surface area contributed by atoms with Crippen LogP contribution in [0.2, 0.25) is 0 Å². The van der Waals surface area contributed by atoms with Crippen LogP contribution >= 0.6 is 0 Å². The number of carbonyl (C=O) groups excluding carboxylic acids is 1. The average molecular weight is 397 g/mol. The summed E-state index contributed by atoms with van der Waals surface area (Å²) in [5, 5.41) is 3.18. The van der Waals surface area contributed by atoms with E-state index in [1.54, 1.807) is 7.11 Å². The molecule has 1 aliphatic rings. The third kappa shape index (κ3) is 5.81. The fraction of sp³-hybridized carbons (Fsp3) is 0.458. The minimum absolute atomic E-state index is 0.0695. The van der Waals surface area contributed by atoms with Crippen LogP contribution in [0.15, 0.2) is 54.6 Å². The second-order valence-corrected chi connectivity index (χ2v) is 8.17. The van der Waals surface area contributed by atoms with E-state index in [2.05, 4.69) is 48.3 Å². The number of hydrogen-bond donors (Lipinski definition) is 1. The number of nitrogens with zero attached hydrogens (tertiary/aromatic N) is 1. The molecule has 0 radical (unpaired) electrons. The van der Waals surface area contributed by atoms with Gasteiger partial charge in [-0.1, -0.05) is 56.3 Å². The van der Waals surface area contributed by atoms with Crippen molar-refractivity contribution in [1.82, 2.24) is 10.2 Å². The summed E-state index contributed by atoms with van der Waals surface area (Å²) in [4.78, 5) is 15.2. The molecule has 1 heterocycles. The number of hydrogen-bond acceptors (Lipinski definition) is 4. The van der Waals surface area contributed by atoms with Crippen molar-refractivity contribution in [2.45, 2.75) is 31.7 Å². The molecule has 1 fully saturated rings. The molecule has 1 aliphatic heterocycles. The summed E-state index contributed by atoms with van der Waals surface area (Å²) in [6.45, 7) is 7.94. The fourth-order valence-corrected chi connectivity index (χ4v) is 3.86. The average Bonchev–Trinajstić information content (AvgIpc) is 2.75. The van der Waals surface area contributed by atoms with Gasteiger partial charge in [0.2, 0.25) is 5.91 Å². The van der Waals surface area contributed by atoms with Crippen molar-refractivity contribution < 1.29 is 14.3 Å². The first-order chi connectivity index (χ1) is 14.0. The largest absolute Gasteiger partial charge is 0.497 e. The molecule has 1 saturated heterocycles. The van der Waals surface area contributed by atoms with Gasteiger partial charge in [-0.15, -0.1) is 0 Å². The quantitative estimate of drug-likeness (QED) is 0.741. The van der Waals surface area contributed by atoms with Crippen LogP contribution in [0.4, 0.5) is 0 Å². The number of nitrogens with one attached hydrogen (secondary N) is 1. The first kappa shape index (κ1) is 21.3. The molecule has 0 saturated carbocycles. The molecule has 1 amide bonds. The van der Waals surface area contributed by atoms with Crippen LogP contribution in [0.25, 0.3) is 0 Å². The summed E-state index contributed by atoms with van der Waals surface area (Å²) in [7, 11) is 1.68. The minimum Gasteiger partial charge on any atom is -0.497 e. The highest BCUT2D eigenvalue weighted by atomic mass is 16.5. The Morgan fingerprint density at radius 3 is 2.55 bits per heavy atom. The fourth-order valence-electron chi connectivity index (χ4n) is 3.86. The monoisotopic (exact) mass is 396 g/mol. The lowest BCUT2D eigenvalue weighted by atomic mass is 9.81. The molecule has 0 bridgehead atoms. The lowest BCUT2D eigenvalue weighted by Crippen LogP contribution is -2.44. The molecule has 2 aromatic rings. The van der Waals surface area contributed by atoms with Gasteiger partial charge in [-0.2, -0.15) is 0 Å². The van der Waals surface area contributed by atoms with Crippen LogP contribution in [0.1, 0.15) is 37.4 Å². The van der Waals surface area contributed by atoms with Gasteiger partial charge in [-0.25, -0.2) is 0 Å². The van der Waals surface area contributed by atoms with E-state index in [0.29, 0.717) is 13.0 Å². The Bertz CT molecular complexity index is 786. The predicted octanol–water partition coefficient (Wildman–Crippen LogP) is 3.55. The zero-order valence-corrected chi connectivity index (χ0v) is 17.7. The van der Waals surface area contributed by atoms with Crippen LogP contribution in [-0.4, -0.2) is 50.8 Å². The highest BCUT2D eigenvalue weighted by Gasteiger charge is 2.27. The van der Waals surface area contributed by atoms with Crippen molar-refractivity contribution in [2.75, 3.05) is 40.0 Å². The second-order valence-electron chi connectivity index (χ2n) is 8.17. The van der Waals surface area contributed by atoms with Crippen molar-refractivity contribution in [3.63, 3.8) is 0 Å². The van der Waals surface area contributed by atoms with E-state index in [4.69, 9.17) is 9.47 Å². The summed E-state index contributed by atoms with van der Waals surface area (Å²) in [6.07, 6.45) is 0.449. The third-order valence-electron chi connectivity index (χ3n) is 5.62. The number of rotatable bonds is 8. The van der Waals surface area contributed by atoms with Crippen molar-refractivity contribution in [3.8, 4) is 5.75 Å². The van der Waals surface area contributed by atoms with Gasteiger partial charge in [0.25, 0.3) is 0 Å². The van der Waals surface area contributed by atoms with Crippen molar-refractivity contribution in [1.29, 1.82) is 0 Å². The van der Waals surface area contributed by atoms with Crippen molar-refractivity contribution in [2.24, 2.45) is 0 Å². The smallest absolute Gasteiger partial charge is 0.220 e. The van der Waals surface area contributed by atoms with Crippen LogP contribution in [-0.2, 0) is 14.9 Å². The molecule has 156 valence electrons. The molecule has 2 aromatic carbocycles. The van der Waals surface area contributed by atoms with Gasteiger partial charge in [0.15, 0.2) is 0 Å². The topological polar surface area (TPSA) is 50.8 Å². The minimum atomic E-state index is -0.213. The summed E-state index contributed by atoms with van der Waals surface area (Å²) < 4.78 is 10.9. The summed E-state index contributed by atoms with van der Waals surface area (Å²) in [5.74, 6) is 0.900. The highest BCUT2D eigenvalue weighted by Crippen LogP contribution is 2.28. The number of benzene rings is 2. The Morgan fingerprint density at radius 1 is 1.14 bits per heavy atom. The summed E-state index contributed by atoms with van der Waals surface area (Å²) in [6, 6.07) is 18.4. The lowest BCUT2D eigenvalue weighted by Gasteiger charge is -2.35. The zero-order chi connectivity index (χ0) is 20.7. The molecular formula is C24H32N2O3. The first-order valence-electron chi connectivity index (χ1n) is 10.3. The lowest BCUT2D eigenvalue weighted by molar-refractivity contribution is -0.122. The summed E-state index contributed by atoms with van der Waals surface area (Å²) in [5.41, 5.74) is 2.11. The number of methoxy groups -OCH3 is 1. The molecule has 0 aromatic heterocycles. The molecule has 5 heteroatoms.